The maximum atomic E-state index is 12.7. The zero-order chi connectivity index (χ0) is 24.6. The van der Waals surface area contributed by atoms with Gasteiger partial charge >= 0.3 is 11.9 Å². The first kappa shape index (κ1) is 25.1. The second kappa shape index (κ2) is 9.04. The number of hydrogen-bond donors (Lipinski definition) is 0. The summed E-state index contributed by atoms with van der Waals surface area (Å²) in [5, 5.41) is 0. The van der Waals surface area contributed by atoms with E-state index < -0.39 is 64.7 Å². The van der Waals surface area contributed by atoms with Crippen molar-refractivity contribution in [1.29, 1.82) is 0 Å². The molecule has 0 radical (unpaired) electrons. The molecule has 3 rings (SSSR count). The lowest BCUT2D eigenvalue weighted by Gasteiger charge is -2.36. The molecule has 2 saturated heterocycles. The monoisotopic (exact) mass is 482 g/mol. The molecular formula is C22H26O10S. The molecule has 0 N–H and O–H groups in total. The van der Waals surface area contributed by atoms with E-state index in [2.05, 4.69) is 5.92 Å². The fraction of sp³-hybridized carbons (Fsp3) is 0.545. The zero-order valence-electron chi connectivity index (χ0n) is 18.9. The van der Waals surface area contributed by atoms with Crippen LogP contribution in [0.5, 0.6) is 0 Å². The van der Waals surface area contributed by atoms with E-state index in [1.54, 1.807) is 26.0 Å². The number of esters is 2. The van der Waals surface area contributed by atoms with Crippen molar-refractivity contribution < 1.29 is 45.9 Å². The van der Waals surface area contributed by atoms with Gasteiger partial charge in [-0.1, -0.05) is 23.6 Å². The van der Waals surface area contributed by atoms with Gasteiger partial charge in [0.15, 0.2) is 30.4 Å². The molecule has 0 bridgehead atoms. The van der Waals surface area contributed by atoms with E-state index in [4.69, 9.17) is 34.3 Å². The van der Waals surface area contributed by atoms with Gasteiger partial charge < -0.3 is 23.7 Å². The third-order valence-electron chi connectivity index (χ3n) is 5.07. The minimum atomic E-state index is -4.21. The van der Waals surface area contributed by atoms with Crippen LogP contribution in [0.4, 0.5) is 0 Å². The van der Waals surface area contributed by atoms with Gasteiger partial charge in [-0.05, 0) is 32.9 Å². The Balaban J connectivity index is 1.92. The second-order valence-electron chi connectivity index (χ2n) is 8.21. The Morgan fingerprint density at radius 2 is 1.79 bits per heavy atom. The predicted molar refractivity (Wildman–Crippen MR) is 112 cm³/mol. The van der Waals surface area contributed by atoms with Gasteiger partial charge in [0, 0.05) is 13.8 Å². The van der Waals surface area contributed by atoms with Crippen LogP contribution in [0.2, 0.25) is 0 Å². The molecular weight excluding hydrogens is 456 g/mol. The van der Waals surface area contributed by atoms with Crippen LogP contribution in [0, 0.1) is 19.3 Å². The average Bonchev–Trinajstić information content (AvgIpc) is 3.15. The van der Waals surface area contributed by atoms with Crippen molar-refractivity contribution in [2.75, 3.05) is 6.61 Å². The van der Waals surface area contributed by atoms with Crippen LogP contribution < -0.4 is 0 Å². The molecule has 2 heterocycles. The fourth-order valence-electron chi connectivity index (χ4n) is 3.76. The standard InChI is InChI=1S/C22H26O10S/c1-7-22(30-15(4)24)18(29-20-19(22)31-21(5,6)32-20)17(28-14(3)23)12-27-33(25,26)16-10-8-13(2)9-11-16/h1,8-11,17-20H,12H2,2-6H3/t17-,18-,19+,20-,22-/m1/s1. The largest absolute Gasteiger partial charge is 0.457 e. The van der Waals surface area contributed by atoms with Gasteiger partial charge in [-0.2, -0.15) is 8.42 Å². The van der Waals surface area contributed by atoms with E-state index in [9.17, 15) is 18.0 Å². The van der Waals surface area contributed by atoms with Crippen molar-refractivity contribution in [1.82, 2.24) is 0 Å². The Labute approximate surface area is 192 Å². The molecule has 0 unspecified atom stereocenters. The molecule has 2 fully saturated rings. The van der Waals surface area contributed by atoms with E-state index in [1.807, 2.05) is 6.92 Å². The molecule has 2 aliphatic rings. The van der Waals surface area contributed by atoms with Crippen LogP contribution in [-0.2, 0) is 47.6 Å². The molecule has 1 aromatic carbocycles. The summed E-state index contributed by atoms with van der Waals surface area (Å²) in [5.74, 6) is -0.207. The fourth-order valence-corrected chi connectivity index (χ4v) is 4.68. The molecule has 11 heteroatoms. The highest BCUT2D eigenvalue weighted by atomic mass is 32.2. The summed E-state index contributed by atoms with van der Waals surface area (Å²) < 4.78 is 58.6. The first-order valence-corrected chi connectivity index (χ1v) is 11.5. The van der Waals surface area contributed by atoms with Crippen LogP contribution >= 0.6 is 0 Å². The number of rotatable bonds is 7. The summed E-state index contributed by atoms with van der Waals surface area (Å²) in [7, 11) is -4.21. The molecule has 10 nitrogen and oxygen atoms in total. The van der Waals surface area contributed by atoms with E-state index in [0.29, 0.717) is 0 Å². The van der Waals surface area contributed by atoms with Gasteiger partial charge in [-0.3, -0.25) is 13.8 Å². The Morgan fingerprint density at radius 1 is 1.15 bits per heavy atom. The zero-order valence-corrected chi connectivity index (χ0v) is 19.7. The number of carbonyl (C=O) groups is 2. The lowest BCUT2D eigenvalue weighted by molar-refractivity contribution is -0.242. The van der Waals surface area contributed by atoms with Crippen LogP contribution in [0.15, 0.2) is 29.2 Å². The van der Waals surface area contributed by atoms with Crippen molar-refractivity contribution in [3.63, 3.8) is 0 Å². The highest BCUT2D eigenvalue weighted by Gasteiger charge is 2.68. The van der Waals surface area contributed by atoms with Crippen LogP contribution in [0.3, 0.4) is 0 Å². The van der Waals surface area contributed by atoms with Gasteiger partial charge in [-0.25, -0.2) is 0 Å². The molecule has 0 amide bonds. The Kier molecular flexibility index (Phi) is 6.89. The first-order valence-electron chi connectivity index (χ1n) is 10.1. The molecule has 0 spiro atoms. The van der Waals surface area contributed by atoms with Gasteiger partial charge in [0.25, 0.3) is 10.1 Å². The van der Waals surface area contributed by atoms with E-state index in [-0.39, 0.29) is 4.90 Å². The van der Waals surface area contributed by atoms with Crippen molar-refractivity contribution >= 4 is 22.1 Å². The minimum Gasteiger partial charge on any atom is -0.457 e. The maximum absolute atomic E-state index is 12.7. The van der Waals surface area contributed by atoms with Gasteiger partial charge in [0.1, 0.15) is 6.61 Å². The molecule has 180 valence electrons. The number of fused-ring (bicyclic) bond motifs is 1. The topological polar surface area (TPSA) is 124 Å². The van der Waals surface area contributed by atoms with Crippen LogP contribution in [-0.4, -0.2) is 63.0 Å². The van der Waals surface area contributed by atoms with Crippen molar-refractivity contribution in [2.45, 2.75) is 75.5 Å². The van der Waals surface area contributed by atoms with Gasteiger partial charge in [0.05, 0.1) is 4.90 Å². The van der Waals surface area contributed by atoms with Crippen molar-refractivity contribution in [2.24, 2.45) is 0 Å². The number of ether oxygens (including phenoxy) is 5. The highest BCUT2D eigenvalue weighted by molar-refractivity contribution is 7.86. The predicted octanol–water partition coefficient (Wildman–Crippen LogP) is 1.44. The Bertz CT molecular complexity index is 1060. The first-order chi connectivity index (χ1) is 15.3. The van der Waals surface area contributed by atoms with Gasteiger partial charge in [0.2, 0.25) is 5.60 Å². The summed E-state index contributed by atoms with van der Waals surface area (Å²) in [6, 6.07) is 6.00. The number of hydrogen-bond acceptors (Lipinski definition) is 10. The summed E-state index contributed by atoms with van der Waals surface area (Å²) in [6.45, 7) is 6.66. The number of carbonyl (C=O) groups excluding carboxylic acids is 2. The van der Waals surface area contributed by atoms with Crippen LogP contribution in [0.1, 0.15) is 33.3 Å². The quantitative estimate of drug-likeness (QED) is 0.320. The highest BCUT2D eigenvalue weighted by Crippen LogP contribution is 2.46. The van der Waals surface area contributed by atoms with E-state index >= 15 is 0 Å². The smallest absolute Gasteiger partial charge is 0.304 e. The van der Waals surface area contributed by atoms with Crippen LogP contribution in [0.25, 0.3) is 0 Å². The van der Waals surface area contributed by atoms with Crippen molar-refractivity contribution in [3.05, 3.63) is 29.8 Å². The van der Waals surface area contributed by atoms with E-state index in [1.165, 1.54) is 12.1 Å². The summed E-state index contributed by atoms with van der Waals surface area (Å²) >= 11 is 0. The van der Waals surface area contributed by atoms with Gasteiger partial charge in [-0.15, -0.1) is 6.42 Å². The Hall–Kier alpha value is -2.49. The molecule has 0 aromatic heterocycles. The Morgan fingerprint density at radius 3 is 2.33 bits per heavy atom. The summed E-state index contributed by atoms with van der Waals surface area (Å²) in [6.07, 6.45) is 0.931. The third kappa shape index (κ3) is 5.20. The minimum absolute atomic E-state index is 0.0875. The molecule has 5 atom stereocenters. The SMILES string of the molecule is C#C[C@@]1(OC(C)=O)[C@@H]([C@@H](COS(=O)(=O)c2ccc(C)cc2)OC(C)=O)O[C@@H]2OC(C)(C)O[C@@H]21. The number of terminal acetylenes is 1. The lowest BCUT2D eigenvalue weighted by atomic mass is 9.89. The average molecular weight is 483 g/mol. The summed E-state index contributed by atoms with van der Waals surface area (Å²) in [4.78, 5) is 23.7. The maximum Gasteiger partial charge on any atom is 0.304 e. The normalized spacial score (nSPS) is 29.0. The second-order valence-corrected chi connectivity index (χ2v) is 9.83. The number of aryl methyl sites for hydroxylation is 1. The molecule has 0 saturated carbocycles. The molecule has 33 heavy (non-hydrogen) atoms. The molecule has 1 aromatic rings. The third-order valence-corrected chi connectivity index (χ3v) is 6.37. The van der Waals surface area contributed by atoms with E-state index in [0.717, 1.165) is 19.4 Å². The molecule has 2 aliphatic heterocycles. The summed E-state index contributed by atoms with van der Waals surface area (Å²) in [5.41, 5.74) is -1.01. The number of benzene rings is 1. The van der Waals surface area contributed by atoms with Crippen molar-refractivity contribution in [3.8, 4) is 12.3 Å². The lowest BCUT2D eigenvalue weighted by Crippen LogP contribution is -2.56. The molecule has 0 aliphatic carbocycles.